The molecule has 2 aromatic carbocycles. The fourth-order valence-electron chi connectivity index (χ4n) is 1.23. The maximum absolute atomic E-state index is 8.75. The largest absolute Gasteiger partial charge is 0.278 e. The second-order valence-corrected chi connectivity index (χ2v) is 3.43. The van der Waals surface area contributed by atoms with Gasteiger partial charge >= 0.3 is 0 Å². The summed E-state index contributed by atoms with van der Waals surface area (Å²) in [5.41, 5.74) is 0.843. The van der Waals surface area contributed by atoms with Crippen molar-refractivity contribution >= 4 is 11.4 Å². The molecule has 0 aliphatic heterocycles. The van der Waals surface area contributed by atoms with Crippen LogP contribution in [0.15, 0.2) is 71.2 Å². The van der Waals surface area contributed by atoms with E-state index in [-0.39, 0.29) is 16.5 Å². The van der Waals surface area contributed by atoms with Gasteiger partial charge in [0.1, 0.15) is 0 Å². The maximum Gasteiger partial charge on any atom is 0.278 e. The number of hydrogen-bond donors (Lipinski definition) is 2. The molecule has 4 N–H and O–H groups in total. The van der Waals surface area contributed by atoms with Crippen molar-refractivity contribution in [1.29, 1.82) is 0 Å². The molecule has 0 spiro atoms. The summed E-state index contributed by atoms with van der Waals surface area (Å²) in [5, 5.41) is 23.4. The van der Waals surface area contributed by atoms with E-state index in [1.54, 1.807) is 60.7 Å². The van der Waals surface area contributed by atoms with Gasteiger partial charge in [-0.1, -0.05) is 46.7 Å². The number of hydrogen-bond acceptors (Lipinski definition) is 4. The summed E-state index contributed by atoms with van der Waals surface area (Å²) in [6, 6.07) is 16.9. The van der Waals surface area contributed by atoms with Gasteiger partial charge in [-0.3, -0.25) is 10.4 Å². The van der Waals surface area contributed by atoms with Gasteiger partial charge in [-0.2, -0.15) is 0 Å². The van der Waals surface area contributed by atoms with Gasteiger partial charge in [-0.05, 0) is 24.3 Å². The Labute approximate surface area is 130 Å². The molecule has 0 amide bonds. The van der Waals surface area contributed by atoms with Crippen LogP contribution in [0.25, 0.3) is 0 Å². The second kappa shape index (κ2) is 10.4. The molecule has 2 aromatic rings. The zero-order chi connectivity index (χ0) is 14.8. The van der Waals surface area contributed by atoms with Crippen LogP contribution in [0.4, 0.5) is 11.4 Å². The first-order chi connectivity index (χ1) is 9.69. The predicted octanol–water partition coefficient (Wildman–Crippen LogP) is 2.70. The Bertz CT molecular complexity index is 480. The molecule has 0 bridgehead atoms. The van der Waals surface area contributed by atoms with E-state index in [9.17, 15) is 0 Å². The Balaban J connectivity index is 0.000000364. The Morgan fingerprint density at radius 3 is 1.19 bits per heavy atom. The number of nitroso groups, excluding NO2 is 2. The van der Waals surface area contributed by atoms with Crippen LogP contribution in [0.5, 0.6) is 0 Å². The molecule has 21 heavy (non-hydrogen) atoms. The third-order valence-corrected chi connectivity index (χ3v) is 2.14. The average molecular weight is 337 g/mol. The summed E-state index contributed by atoms with van der Waals surface area (Å²) in [6.45, 7) is 0. The van der Waals surface area contributed by atoms with Crippen molar-refractivity contribution in [3.8, 4) is 0 Å². The Hall–Kier alpha value is -2.35. The number of para-hydroxylation sites is 2. The summed E-state index contributed by atoms with van der Waals surface area (Å²) >= 11 is 0. The molecule has 9 heteroatoms. The third kappa shape index (κ3) is 6.57. The van der Waals surface area contributed by atoms with Crippen molar-refractivity contribution in [2.24, 2.45) is 10.6 Å². The van der Waals surface area contributed by atoms with Crippen LogP contribution in [0.1, 0.15) is 0 Å². The van der Waals surface area contributed by atoms with Crippen molar-refractivity contribution in [3.05, 3.63) is 60.7 Å². The van der Waals surface area contributed by atoms with Gasteiger partial charge in [0.2, 0.25) is 0 Å². The average Bonchev–Trinajstić information content (AvgIpc) is 2.55. The summed E-state index contributed by atoms with van der Waals surface area (Å²) in [4.78, 5) is 16.2. The first-order valence-corrected chi connectivity index (χ1v) is 5.47. The van der Waals surface area contributed by atoms with Gasteiger partial charge in [-0.25, -0.2) is 0 Å². The van der Waals surface area contributed by atoms with Gasteiger partial charge in [0.05, 0.1) is 11.4 Å². The van der Waals surface area contributed by atoms with Crippen molar-refractivity contribution in [2.75, 3.05) is 10.3 Å². The number of benzene rings is 2. The van der Waals surface area contributed by atoms with E-state index < -0.39 is 0 Å². The second-order valence-electron chi connectivity index (χ2n) is 3.43. The zero-order valence-electron chi connectivity index (χ0n) is 10.7. The molecule has 8 nitrogen and oxygen atoms in total. The SMILES string of the molecule is ON(N=[OH+])c1ccccc1.ON(N=[OH+])c1ccccc1.[Ni]. The van der Waals surface area contributed by atoms with Crippen LogP contribution in [-0.4, -0.2) is 20.2 Å². The van der Waals surface area contributed by atoms with Crippen molar-refractivity contribution in [1.82, 2.24) is 0 Å². The quantitative estimate of drug-likeness (QED) is 0.507. The van der Waals surface area contributed by atoms with Gasteiger partial charge in [0, 0.05) is 16.5 Å². The molecule has 0 aromatic heterocycles. The van der Waals surface area contributed by atoms with E-state index in [0.717, 1.165) is 0 Å². The number of anilines is 2. The summed E-state index contributed by atoms with van der Waals surface area (Å²) in [6.07, 6.45) is 0. The first-order valence-electron chi connectivity index (χ1n) is 5.47. The molecule has 114 valence electrons. The maximum atomic E-state index is 8.75. The molecule has 0 fully saturated rings. The fraction of sp³-hybridized carbons (Fsp3) is 0. The molecule has 0 saturated heterocycles. The minimum absolute atomic E-state index is 0. The Morgan fingerprint density at radius 2 is 0.952 bits per heavy atom. The molecular formula is C12H14N4NiO4+2. The van der Waals surface area contributed by atoms with Crippen LogP contribution in [0.2, 0.25) is 0 Å². The van der Waals surface area contributed by atoms with Gasteiger partial charge in [-0.15, -0.1) is 9.81 Å². The minimum atomic E-state index is 0. The molecule has 0 heterocycles. The molecule has 0 atom stereocenters. The Kier molecular flexibility index (Phi) is 9.28. The van der Waals surface area contributed by atoms with E-state index in [1.165, 1.54) is 0 Å². The standard InChI is InChI=1S/2C6H6N2O2.Ni/c2*9-7-8(10)6-4-2-1-3-5-6;/h2*1-5,10H;/p+2. The third-order valence-electron chi connectivity index (χ3n) is 2.14. The molecule has 2 rings (SSSR count). The van der Waals surface area contributed by atoms with Crippen LogP contribution >= 0.6 is 0 Å². The van der Waals surface area contributed by atoms with E-state index >= 15 is 0 Å². The fourth-order valence-corrected chi connectivity index (χ4v) is 1.23. The van der Waals surface area contributed by atoms with E-state index in [0.29, 0.717) is 21.7 Å². The molecule has 0 unspecified atom stereocenters. The monoisotopic (exact) mass is 336 g/mol. The van der Waals surface area contributed by atoms with Crippen molar-refractivity contribution in [2.45, 2.75) is 0 Å². The van der Waals surface area contributed by atoms with E-state index in [2.05, 4.69) is 10.6 Å². The van der Waals surface area contributed by atoms with E-state index in [1.807, 2.05) is 0 Å². The van der Waals surface area contributed by atoms with Gasteiger partial charge in [0.15, 0.2) is 0 Å². The van der Waals surface area contributed by atoms with Crippen LogP contribution in [-0.2, 0) is 16.5 Å². The van der Waals surface area contributed by atoms with Crippen LogP contribution in [0.3, 0.4) is 0 Å². The predicted molar refractivity (Wildman–Crippen MR) is 70.1 cm³/mol. The summed E-state index contributed by atoms with van der Waals surface area (Å²) in [5.74, 6) is 0. The van der Waals surface area contributed by atoms with Crippen molar-refractivity contribution < 1.29 is 36.7 Å². The van der Waals surface area contributed by atoms with Gasteiger partial charge in [0.25, 0.3) is 10.6 Å². The van der Waals surface area contributed by atoms with Crippen LogP contribution in [0, 0.1) is 0 Å². The smallest absolute Gasteiger partial charge is 0.261 e. The van der Waals surface area contributed by atoms with Crippen LogP contribution < -0.4 is 10.3 Å². The Morgan fingerprint density at radius 1 is 0.667 bits per heavy atom. The molecule has 0 aliphatic rings. The van der Waals surface area contributed by atoms with E-state index in [4.69, 9.17) is 20.2 Å². The molecule has 0 aliphatic carbocycles. The normalized spacial score (nSPS) is 8.48. The van der Waals surface area contributed by atoms with Crippen molar-refractivity contribution in [3.63, 3.8) is 0 Å². The van der Waals surface area contributed by atoms with Gasteiger partial charge < -0.3 is 0 Å². The molecule has 0 saturated carbocycles. The summed E-state index contributed by atoms with van der Waals surface area (Å²) < 4.78 is 0. The number of rotatable bonds is 4. The number of nitrogens with zero attached hydrogens (tertiary/aromatic N) is 4. The summed E-state index contributed by atoms with van der Waals surface area (Å²) in [7, 11) is 0. The first kappa shape index (κ1) is 18.7. The topological polar surface area (TPSA) is 114 Å². The molecule has 0 radical (unpaired) electrons. The minimum Gasteiger partial charge on any atom is -0.261 e. The zero-order valence-corrected chi connectivity index (χ0v) is 11.7. The molecular weight excluding hydrogens is 323 g/mol.